The van der Waals surface area contributed by atoms with Gasteiger partial charge in [-0.05, 0) is 17.8 Å². The zero-order valence-corrected chi connectivity index (χ0v) is 11.4. The molecule has 0 unspecified atom stereocenters. The lowest BCUT2D eigenvalue weighted by Crippen LogP contribution is -3.00. The lowest BCUT2D eigenvalue weighted by molar-refractivity contribution is -0.137. The molecule has 0 aliphatic heterocycles. The van der Waals surface area contributed by atoms with Crippen molar-refractivity contribution in [3.63, 3.8) is 0 Å². The summed E-state index contributed by atoms with van der Waals surface area (Å²) < 4.78 is 36.8. The first-order chi connectivity index (χ1) is 7.30. The number of rotatable bonds is 2. The standard InChI is InChI=1S/C8H7ClF3N3S.BrH/c9-5-1-4(8(10,11)12)2-15-6(5)3-16-7(13)14;/h1-2H,3H2,(H3,13,14);1H. The van der Waals surface area contributed by atoms with E-state index in [9.17, 15) is 13.2 Å². The lowest BCUT2D eigenvalue weighted by Gasteiger charge is -2.08. The molecule has 1 aromatic rings. The van der Waals surface area contributed by atoms with E-state index in [2.05, 4.69) is 4.98 Å². The van der Waals surface area contributed by atoms with Crippen molar-refractivity contribution in [2.24, 2.45) is 5.73 Å². The Kier molecular flexibility index (Phi) is 6.28. The second-order valence-corrected chi connectivity index (χ2v) is 4.30. The van der Waals surface area contributed by atoms with Crippen LogP contribution in [0.15, 0.2) is 12.3 Å². The second kappa shape index (κ2) is 6.46. The number of pyridine rings is 1. The number of alkyl halides is 3. The first-order valence-electron chi connectivity index (χ1n) is 4.03. The number of aromatic nitrogens is 1. The molecule has 0 bridgehead atoms. The van der Waals surface area contributed by atoms with E-state index in [-0.39, 0.29) is 32.9 Å². The highest BCUT2D eigenvalue weighted by Gasteiger charge is 2.31. The van der Waals surface area contributed by atoms with Crippen molar-refractivity contribution < 1.29 is 35.6 Å². The fourth-order valence-corrected chi connectivity index (χ4v) is 1.72. The highest BCUT2D eigenvalue weighted by molar-refractivity contribution is 8.12. The molecule has 0 aliphatic rings. The molecule has 0 atom stereocenters. The zero-order chi connectivity index (χ0) is 12.3. The Labute approximate surface area is 115 Å². The third-order valence-electron chi connectivity index (χ3n) is 1.62. The number of nitrogens with two attached hydrogens (primary N) is 2. The summed E-state index contributed by atoms with van der Waals surface area (Å²) in [6.45, 7) is 0. The summed E-state index contributed by atoms with van der Waals surface area (Å²) >= 11 is 6.71. The van der Waals surface area contributed by atoms with E-state index in [4.69, 9.17) is 22.7 Å². The zero-order valence-electron chi connectivity index (χ0n) is 8.26. The molecule has 0 aromatic carbocycles. The highest BCUT2D eigenvalue weighted by atomic mass is 79.9. The van der Waals surface area contributed by atoms with Crippen molar-refractivity contribution in [3.8, 4) is 0 Å². The van der Waals surface area contributed by atoms with Crippen molar-refractivity contribution in [3.05, 3.63) is 28.5 Å². The summed E-state index contributed by atoms with van der Waals surface area (Å²) in [5.74, 6) is 0.235. The average molecular weight is 351 g/mol. The van der Waals surface area contributed by atoms with E-state index in [1.165, 1.54) is 0 Å². The van der Waals surface area contributed by atoms with Gasteiger partial charge in [0.2, 0.25) is 0 Å². The fourth-order valence-electron chi connectivity index (χ4n) is 0.879. The molecule has 0 aliphatic carbocycles. The molecule has 9 heteroatoms. The van der Waals surface area contributed by atoms with Crippen LogP contribution in [-0.4, -0.2) is 10.2 Å². The summed E-state index contributed by atoms with van der Waals surface area (Å²) in [4.78, 5) is 3.62. The second-order valence-electron chi connectivity index (χ2n) is 2.84. The SMILES string of the molecule is NC(=[NH2+])SCc1ncc(C(F)(F)F)cc1Cl.[Br-]. The van der Waals surface area contributed by atoms with Crippen LogP contribution in [-0.2, 0) is 11.9 Å². The van der Waals surface area contributed by atoms with Crippen molar-refractivity contribution in [1.82, 2.24) is 4.98 Å². The van der Waals surface area contributed by atoms with Gasteiger partial charge in [0.25, 0.3) is 5.17 Å². The summed E-state index contributed by atoms with van der Waals surface area (Å²) in [6, 6.07) is 0.831. The first-order valence-corrected chi connectivity index (χ1v) is 5.39. The molecule has 1 aromatic heterocycles. The smallest absolute Gasteiger partial charge is 0.417 e. The van der Waals surface area contributed by atoms with Gasteiger partial charge in [-0.15, -0.1) is 0 Å². The molecule has 0 radical (unpaired) electrons. The summed E-state index contributed by atoms with van der Waals surface area (Å²) in [5, 5.41) is 5.25. The molecule has 1 heterocycles. The third kappa shape index (κ3) is 5.13. The topological polar surface area (TPSA) is 64.5 Å². The molecular formula is C8H8BrClF3N3S. The van der Waals surface area contributed by atoms with Gasteiger partial charge < -0.3 is 17.0 Å². The molecule has 96 valence electrons. The van der Waals surface area contributed by atoms with Crippen LogP contribution in [0, 0.1) is 0 Å². The van der Waals surface area contributed by atoms with Gasteiger partial charge in [0.1, 0.15) is 0 Å². The van der Waals surface area contributed by atoms with Crippen LogP contribution in [0.25, 0.3) is 0 Å². The van der Waals surface area contributed by atoms with Crippen LogP contribution in [0.2, 0.25) is 5.02 Å². The largest absolute Gasteiger partial charge is 1.00 e. The predicted molar refractivity (Wildman–Crippen MR) is 56.7 cm³/mol. The van der Waals surface area contributed by atoms with Crippen molar-refractivity contribution in [2.45, 2.75) is 11.9 Å². The Balaban J connectivity index is 0.00000256. The minimum absolute atomic E-state index is 0. The normalized spacial score (nSPS) is 10.8. The van der Waals surface area contributed by atoms with E-state index in [0.717, 1.165) is 24.0 Å². The molecule has 0 spiro atoms. The van der Waals surface area contributed by atoms with Crippen LogP contribution in [0.3, 0.4) is 0 Å². The molecule has 4 N–H and O–H groups in total. The predicted octanol–water partition coefficient (Wildman–Crippen LogP) is -1.94. The number of nitrogens with zero attached hydrogens (tertiary/aromatic N) is 1. The van der Waals surface area contributed by atoms with Crippen LogP contribution >= 0.6 is 23.4 Å². The Morgan fingerprint density at radius 2 is 2.12 bits per heavy atom. The molecule has 0 saturated carbocycles. The van der Waals surface area contributed by atoms with Gasteiger partial charge in [-0.25, -0.2) is 0 Å². The van der Waals surface area contributed by atoms with E-state index in [0.29, 0.717) is 5.69 Å². The average Bonchev–Trinajstić information content (AvgIpc) is 2.14. The van der Waals surface area contributed by atoms with Crippen LogP contribution in [0.5, 0.6) is 0 Å². The van der Waals surface area contributed by atoms with Crippen LogP contribution < -0.4 is 28.1 Å². The molecular weight excluding hydrogens is 343 g/mol. The van der Waals surface area contributed by atoms with Gasteiger partial charge in [-0.1, -0.05) is 11.6 Å². The van der Waals surface area contributed by atoms with Gasteiger partial charge in [-0.2, -0.15) is 13.2 Å². The van der Waals surface area contributed by atoms with Gasteiger partial charge >= 0.3 is 6.18 Å². The van der Waals surface area contributed by atoms with Gasteiger partial charge in [0, 0.05) is 11.9 Å². The maximum absolute atomic E-state index is 12.3. The molecule has 17 heavy (non-hydrogen) atoms. The molecule has 0 fully saturated rings. The van der Waals surface area contributed by atoms with Crippen molar-refractivity contribution in [2.75, 3.05) is 0 Å². The number of thioether (sulfide) groups is 1. The summed E-state index contributed by atoms with van der Waals surface area (Å²) in [5.41, 5.74) is 4.63. The Morgan fingerprint density at radius 1 is 1.53 bits per heavy atom. The number of amidine groups is 1. The quantitative estimate of drug-likeness (QED) is 0.482. The van der Waals surface area contributed by atoms with E-state index < -0.39 is 11.7 Å². The number of hydrogen-bond donors (Lipinski definition) is 2. The van der Waals surface area contributed by atoms with E-state index in [1.807, 2.05) is 0 Å². The van der Waals surface area contributed by atoms with Gasteiger partial charge in [0.05, 0.1) is 16.3 Å². The van der Waals surface area contributed by atoms with Crippen molar-refractivity contribution >= 4 is 28.5 Å². The van der Waals surface area contributed by atoms with Crippen LogP contribution in [0.1, 0.15) is 11.3 Å². The molecule has 1 rings (SSSR count). The Bertz CT molecular complexity index is 413. The molecule has 0 amide bonds. The minimum atomic E-state index is -4.44. The molecule has 3 nitrogen and oxygen atoms in total. The van der Waals surface area contributed by atoms with E-state index in [1.54, 1.807) is 0 Å². The number of halogens is 5. The Morgan fingerprint density at radius 3 is 2.53 bits per heavy atom. The first kappa shape index (κ1) is 16.5. The third-order valence-corrected chi connectivity index (χ3v) is 2.70. The minimum Gasteiger partial charge on any atom is -1.00 e. The van der Waals surface area contributed by atoms with Crippen molar-refractivity contribution in [1.29, 1.82) is 0 Å². The van der Waals surface area contributed by atoms with Gasteiger partial charge in [-0.3, -0.25) is 16.1 Å². The number of hydrogen-bond acceptors (Lipinski definition) is 2. The van der Waals surface area contributed by atoms with Crippen LogP contribution in [0.4, 0.5) is 13.2 Å². The summed E-state index contributed by atoms with van der Waals surface area (Å²) in [7, 11) is 0. The maximum atomic E-state index is 12.3. The lowest BCUT2D eigenvalue weighted by atomic mass is 10.2. The molecule has 0 saturated heterocycles. The van der Waals surface area contributed by atoms with Gasteiger partial charge in [0.15, 0.2) is 0 Å². The monoisotopic (exact) mass is 349 g/mol. The maximum Gasteiger partial charge on any atom is 0.417 e. The highest BCUT2D eigenvalue weighted by Crippen LogP contribution is 2.31. The Hall–Kier alpha value is -0.470. The van der Waals surface area contributed by atoms with E-state index >= 15 is 0 Å². The summed E-state index contributed by atoms with van der Waals surface area (Å²) in [6.07, 6.45) is -3.71. The fraction of sp³-hybridized carbons (Fsp3) is 0.250.